The van der Waals surface area contributed by atoms with Gasteiger partial charge in [-0.2, -0.15) is 0 Å². The number of halogens is 1. The Bertz CT molecular complexity index is 630. The molecule has 1 fully saturated rings. The van der Waals surface area contributed by atoms with Crippen LogP contribution < -0.4 is 11.1 Å². The van der Waals surface area contributed by atoms with Gasteiger partial charge in [0.25, 0.3) is 0 Å². The van der Waals surface area contributed by atoms with Crippen LogP contribution in [-0.4, -0.2) is 11.9 Å². The highest BCUT2D eigenvalue weighted by Crippen LogP contribution is 2.40. The van der Waals surface area contributed by atoms with E-state index in [4.69, 9.17) is 5.73 Å². The smallest absolute Gasteiger partial charge is 0.220 e. The summed E-state index contributed by atoms with van der Waals surface area (Å²) < 4.78 is 0. The number of rotatable bonds is 5. The molecule has 1 saturated carbocycles. The van der Waals surface area contributed by atoms with E-state index in [0.29, 0.717) is 24.8 Å². The van der Waals surface area contributed by atoms with Gasteiger partial charge in [0.15, 0.2) is 0 Å². The third-order valence-electron chi connectivity index (χ3n) is 4.04. The first-order valence-electron chi connectivity index (χ1n) is 7.42. The third-order valence-corrected chi connectivity index (χ3v) is 4.04. The van der Waals surface area contributed by atoms with Crippen LogP contribution in [0.1, 0.15) is 29.9 Å². The molecule has 0 aliphatic heterocycles. The number of aryl methyl sites for hydroxylation is 1. The third kappa shape index (κ3) is 4.01. The van der Waals surface area contributed by atoms with Crippen molar-refractivity contribution in [3.63, 3.8) is 0 Å². The molecule has 0 saturated heterocycles. The molecular formula is C18H21ClN2O. The number of benzene rings is 2. The number of hydrogen-bond donors (Lipinski definition) is 2. The van der Waals surface area contributed by atoms with Gasteiger partial charge in [-0.25, -0.2) is 0 Å². The van der Waals surface area contributed by atoms with Crippen molar-refractivity contribution < 1.29 is 4.79 Å². The van der Waals surface area contributed by atoms with E-state index < -0.39 is 0 Å². The van der Waals surface area contributed by atoms with Gasteiger partial charge in [-0.15, -0.1) is 12.4 Å². The zero-order valence-electron chi connectivity index (χ0n) is 12.4. The molecule has 4 heteroatoms. The number of para-hydroxylation sites is 1. The number of nitrogens with two attached hydrogens (primary N) is 1. The Hall–Kier alpha value is -2.00. The quantitative estimate of drug-likeness (QED) is 0.832. The Balaban J connectivity index is 0.00000176. The Morgan fingerprint density at radius 2 is 1.77 bits per heavy atom. The molecule has 0 spiro atoms. The number of nitrogens with one attached hydrogen (secondary N) is 1. The van der Waals surface area contributed by atoms with Crippen molar-refractivity contribution in [3.05, 3.63) is 65.7 Å². The van der Waals surface area contributed by atoms with Crippen LogP contribution in [0.15, 0.2) is 54.6 Å². The van der Waals surface area contributed by atoms with Crippen LogP contribution in [0.5, 0.6) is 0 Å². The van der Waals surface area contributed by atoms with E-state index in [2.05, 4.69) is 17.4 Å². The van der Waals surface area contributed by atoms with E-state index in [0.717, 1.165) is 17.7 Å². The fourth-order valence-electron chi connectivity index (χ4n) is 2.71. The monoisotopic (exact) mass is 316 g/mol. The molecule has 22 heavy (non-hydrogen) atoms. The Morgan fingerprint density at radius 1 is 1.09 bits per heavy atom. The molecule has 116 valence electrons. The van der Waals surface area contributed by atoms with Crippen LogP contribution in [0.3, 0.4) is 0 Å². The van der Waals surface area contributed by atoms with Crippen LogP contribution in [0, 0.1) is 0 Å². The maximum atomic E-state index is 12.0. The van der Waals surface area contributed by atoms with Gasteiger partial charge in [-0.1, -0.05) is 48.5 Å². The van der Waals surface area contributed by atoms with Gasteiger partial charge in [0.05, 0.1) is 0 Å². The van der Waals surface area contributed by atoms with Gasteiger partial charge in [-0.05, 0) is 30.0 Å². The van der Waals surface area contributed by atoms with E-state index >= 15 is 0 Å². The minimum atomic E-state index is 0. The molecule has 3 N–H and O–H groups in total. The lowest BCUT2D eigenvalue weighted by Gasteiger charge is -2.07. The van der Waals surface area contributed by atoms with E-state index in [1.54, 1.807) is 0 Å². The highest BCUT2D eigenvalue weighted by atomic mass is 35.5. The summed E-state index contributed by atoms with van der Waals surface area (Å²) in [5.41, 5.74) is 9.01. The topological polar surface area (TPSA) is 55.1 Å². The molecular weight excluding hydrogens is 296 g/mol. The van der Waals surface area contributed by atoms with Crippen molar-refractivity contribution in [1.82, 2.24) is 5.32 Å². The van der Waals surface area contributed by atoms with Crippen molar-refractivity contribution in [2.24, 2.45) is 0 Å². The van der Waals surface area contributed by atoms with E-state index in [-0.39, 0.29) is 18.3 Å². The van der Waals surface area contributed by atoms with Crippen LogP contribution in [0.25, 0.3) is 0 Å². The zero-order valence-corrected chi connectivity index (χ0v) is 13.2. The van der Waals surface area contributed by atoms with Gasteiger partial charge >= 0.3 is 0 Å². The summed E-state index contributed by atoms with van der Waals surface area (Å²) in [6.07, 6.45) is 2.23. The summed E-state index contributed by atoms with van der Waals surface area (Å²) in [7, 11) is 0. The van der Waals surface area contributed by atoms with Crippen molar-refractivity contribution >= 4 is 24.0 Å². The molecule has 0 radical (unpaired) electrons. The average molecular weight is 317 g/mol. The molecule has 1 aliphatic carbocycles. The Morgan fingerprint density at radius 3 is 2.50 bits per heavy atom. The molecule has 2 aromatic carbocycles. The number of nitrogen functional groups attached to an aromatic ring is 1. The molecule has 0 bridgehead atoms. The molecule has 1 amide bonds. The second kappa shape index (κ2) is 7.32. The second-order valence-corrected chi connectivity index (χ2v) is 5.63. The van der Waals surface area contributed by atoms with E-state index in [9.17, 15) is 4.79 Å². The zero-order chi connectivity index (χ0) is 14.7. The molecule has 0 aromatic heterocycles. The summed E-state index contributed by atoms with van der Waals surface area (Å²) in [4.78, 5) is 12.0. The molecule has 3 nitrogen and oxygen atoms in total. The second-order valence-electron chi connectivity index (χ2n) is 5.63. The van der Waals surface area contributed by atoms with Crippen molar-refractivity contribution in [1.29, 1.82) is 0 Å². The first-order chi connectivity index (χ1) is 10.2. The number of hydrogen-bond acceptors (Lipinski definition) is 2. The number of amides is 1. The van der Waals surface area contributed by atoms with Crippen LogP contribution in [0.4, 0.5) is 5.69 Å². The Kier molecular flexibility index (Phi) is 5.45. The number of carbonyl (C=O) groups is 1. The summed E-state index contributed by atoms with van der Waals surface area (Å²) >= 11 is 0. The maximum absolute atomic E-state index is 12.0. The summed E-state index contributed by atoms with van der Waals surface area (Å²) in [6.45, 7) is 0. The standard InChI is InChI=1S/C18H20N2O.ClH/c19-16-9-5-4-8-14(16)10-11-18(21)20-17-12-15(17)13-6-2-1-3-7-13;/h1-9,15,17H,10-12,19H2,(H,20,21);1H. The highest BCUT2D eigenvalue weighted by Gasteiger charge is 2.39. The normalized spacial score (nSPS) is 19.1. The lowest BCUT2D eigenvalue weighted by atomic mass is 10.1. The molecule has 2 atom stereocenters. The first kappa shape index (κ1) is 16.4. The lowest BCUT2D eigenvalue weighted by molar-refractivity contribution is -0.121. The lowest BCUT2D eigenvalue weighted by Crippen LogP contribution is -2.26. The first-order valence-corrected chi connectivity index (χ1v) is 7.42. The highest BCUT2D eigenvalue weighted by molar-refractivity contribution is 5.85. The van der Waals surface area contributed by atoms with Crippen LogP contribution >= 0.6 is 12.4 Å². The van der Waals surface area contributed by atoms with Gasteiger partial charge < -0.3 is 11.1 Å². The predicted molar refractivity (Wildman–Crippen MR) is 92.2 cm³/mol. The van der Waals surface area contributed by atoms with Gasteiger partial charge in [0, 0.05) is 24.1 Å². The number of anilines is 1. The predicted octanol–water partition coefficient (Wildman–Crippen LogP) is 3.30. The fourth-order valence-corrected chi connectivity index (χ4v) is 2.71. The molecule has 2 aromatic rings. The fraction of sp³-hybridized carbons (Fsp3) is 0.278. The van der Waals surface area contributed by atoms with Crippen molar-refractivity contribution in [2.45, 2.75) is 31.2 Å². The van der Waals surface area contributed by atoms with E-state index in [1.165, 1.54) is 5.56 Å². The van der Waals surface area contributed by atoms with Gasteiger partial charge in [-0.3, -0.25) is 4.79 Å². The van der Waals surface area contributed by atoms with Crippen molar-refractivity contribution in [2.75, 3.05) is 5.73 Å². The largest absolute Gasteiger partial charge is 0.399 e. The van der Waals surface area contributed by atoms with E-state index in [1.807, 2.05) is 42.5 Å². The Labute approximate surface area is 137 Å². The average Bonchev–Trinajstić information content (AvgIpc) is 3.26. The minimum absolute atomic E-state index is 0. The summed E-state index contributed by atoms with van der Waals surface area (Å²) in [6, 6.07) is 18.4. The summed E-state index contributed by atoms with van der Waals surface area (Å²) in [5, 5.41) is 3.11. The molecule has 1 aliphatic rings. The molecule has 0 heterocycles. The van der Waals surface area contributed by atoms with Gasteiger partial charge in [0.2, 0.25) is 5.91 Å². The molecule has 3 rings (SSSR count). The summed E-state index contributed by atoms with van der Waals surface area (Å²) in [5.74, 6) is 0.596. The number of carbonyl (C=O) groups excluding carboxylic acids is 1. The van der Waals surface area contributed by atoms with Crippen LogP contribution in [-0.2, 0) is 11.2 Å². The van der Waals surface area contributed by atoms with Gasteiger partial charge in [0.1, 0.15) is 0 Å². The maximum Gasteiger partial charge on any atom is 0.220 e. The van der Waals surface area contributed by atoms with Crippen LogP contribution in [0.2, 0.25) is 0 Å². The SMILES string of the molecule is Cl.Nc1ccccc1CCC(=O)NC1CC1c1ccccc1. The van der Waals surface area contributed by atoms with Crippen molar-refractivity contribution in [3.8, 4) is 0 Å². The molecule has 2 unspecified atom stereocenters. The minimum Gasteiger partial charge on any atom is -0.399 e.